The van der Waals surface area contributed by atoms with Gasteiger partial charge < -0.3 is 14.9 Å². The second-order valence-corrected chi connectivity index (χ2v) is 8.42. The van der Waals surface area contributed by atoms with E-state index in [1.807, 2.05) is 71.6 Å². The Morgan fingerprint density at radius 2 is 1.60 bits per heavy atom. The van der Waals surface area contributed by atoms with E-state index in [1.165, 1.54) is 0 Å². The molecule has 5 heteroatoms. The third kappa shape index (κ3) is 4.48. The highest BCUT2D eigenvalue weighted by molar-refractivity contribution is 5.91. The molecule has 4 rings (SSSR count). The third-order valence-corrected chi connectivity index (χ3v) is 6.49. The molecule has 0 aliphatic carbocycles. The van der Waals surface area contributed by atoms with Crippen LogP contribution in [0.1, 0.15) is 17.5 Å². The molecule has 158 valence electrons. The lowest BCUT2D eigenvalue weighted by Gasteiger charge is -2.51. The minimum atomic E-state index is -0.947. The second kappa shape index (κ2) is 9.13. The van der Waals surface area contributed by atoms with E-state index in [0.29, 0.717) is 19.5 Å². The SMILES string of the molecule is CN1CCN([C@@H]2CN(C(=O)/C=C/c3ccccc3)CC[C@]2(O)c2ccccc2)CC1. The van der Waals surface area contributed by atoms with Crippen molar-refractivity contribution in [1.29, 1.82) is 0 Å². The fraction of sp³-hybridized carbons (Fsp3) is 0.400. The maximum atomic E-state index is 12.9. The third-order valence-electron chi connectivity index (χ3n) is 6.49. The molecule has 1 amide bonds. The number of hydrogen-bond acceptors (Lipinski definition) is 4. The Hall–Kier alpha value is -2.47. The molecule has 0 unspecified atom stereocenters. The molecule has 0 spiro atoms. The van der Waals surface area contributed by atoms with Crippen LogP contribution in [0.2, 0.25) is 0 Å². The van der Waals surface area contributed by atoms with Crippen molar-refractivity contribution in [2.24, 2.45) is 0 Å². The fourth-order valence-corrected chi connectivity index (χ4v) is 4.57. The Balaban J connectivity index is 1.54. The quantitative estimate of drug-likeness (QED) is 0.794. The maximum absolute atomic E-state index is 12.9. The van der Waals surface area contributed by atoms with Crippen LogP contribution in [0.5, 0.6) is 0 Å². The summed E-state index contributed by atoms with van der Waals surface area (Å²) in [6, 6.07) is 19.7. The van der Waals surface area contributed by atoms with Gasteiger partial charge in [0.2, 0.25) is 5.91 Å². The fourth-order valence-electron chi connectivity index (χ4n) is 4.57. The standard InChI is InChI=1S/C25H31N3O2/c1-26-16-18-27(19-17-26)23-20-28(24(29)13-12-21-8-4-2-5-9-21)15-14-25(23,30)22-10-6-3-7-11-22/h2-13,23,30H,14-20H2,1H3/b13-12+/t23-,25+/m1/s1. The number of hydrogen-bond donors (Lipinski definition) is 1. The number of nitrogens with zero attached hydrogens (tertiary/aromatic N) is 3. The van der Waals surface area contributed by atoms with Crippen LogP contribution in [-0.4, -0.2) is 78.1 Å². The number of likely N-dealkylation sites (tertiary alicyclic amines) is 1. The van der Waals surface area contributed by atoms with Crippen LogP contribution in [0.15, 0.2) is 66.7 Å². The van der Waals surface area contributed by atoms with E-state index in [-0.39, 0.29) is 11.9 Å². The lowest BCUT2D eigenvalue weighted by atomic mass is 9.79. The average molecular weight is 406 g/mol. The summed E-state index contributed by atoms with van der Waals surface area (Å²) >= 11 is 0. The van der Waals surface area contributed by atoms with Gasteiger partial charge in [-0.3, -0.25) is 9.69 Å². The van der Waals surface area contributed by atoms with E-state index >= 15 is 0 Å². The summed E-state index contributed by atoms with van der Waals surface area (Å²) < 4.78 is 0. The number of amides is 1. The van der Waals surface area contributed by atoms with Crippen molar-refractivity contribution in [3.63, 3.8) is 0 Å². The van der Waals surface area contributed by atoms with Gasteiger partial charge >= 0.3 is 0 Å². The predicted octanol–water partition coefficient (Wildman–Crippen LogP) is 2.44. The van der Waals surface area contributed by atoms with Gasteiger partial charge in [0.05, 0.1) is 6.04 Å². The highest BCUT2D eigenvalue weighted by Crippen LogP contribution is 2.36. The van der Waals surface area contributed by atoms with Crippen LogP contribution < -0.4 is 0 Å². The average Bonchev–Trinajstić information content (AvgIpc) is 2.80. The molecule has 0 saturated carbocycles. The molecule has 2 aromatic rings. The van der Waals surface area contributed by atoms with Gasteiger partial charge in [0.1, 0.15) is 5.60 Å². The van der Waals surface area contributed by atoms with E-state index in [9.17, 15) is 9.90 Å². The topological polar surface area (TPSA) is 47.0 Å². The van der Waals surface area contributed by atoms with E-state index in [2.05, 4.69) is 16.8 Å². The lowest BCUT2D eigenvalue weighted by Crippen LogP contribution is -2.64. The van der Waals surface area contributed by atoms with Gasteiger partial charge in [-0.1, -0.05) is 60.7 Å². The summed E-state index contributed by atoms with van der Waals surface area (Å²) in [5.41, 5.74) is 1.01. The van der Waals surface area contributed by atoms with Crippen molar-refractivity contribution in [1.82, 2.24) is 14.7 Å². The molecular formula is C25H31N3O2. The zero-order valence-electron chi connectivity index (χ0n) is 17.7. The second-order valence-electron chi connectivity index (χ2n) is 8.42. The van der Waals surface area contributed by atoms with Gasteiger partial charge in [0.25, 0.3) is 0 Å². The molecule has 2 heterocycles. The maximum Gasteiger partial charge on any atom is 0.246 e. The number of rotatable bonds is 4. The summed E-state index contributed by atoms with van der Waals surface area (Å²) in [4.78, 5) is 19.5. The molecule has 2 aliphatic rings. The first kappa shape index (κ1) is 20.8. The highest BCUT2D eigenvalue weighted by Gasteiger charge is 2.46. The summed E-state index contributed by atoms with van der Waals surface area (Å²) in [5.74, 6) is 0.00749. The Morgan fingerprint density at radius 1 is 0.967 bits per heavy atom. The van der Waals surface area contributed by atoms with Crippen LogP contribution in [-0.2, 0) is 10.4 Å². The normalized spacial score (nSPS) is 26.2. The molecular weight excluding hydrogens is 374 g/mol. The first-order valence-corrected chi connectivity index (χ1v) is 10.8. The minimum absolute atomic E-state index is 0.00749. The van der Waals surface area contributed by atoms with Crippen molar-refractivity contribution in [3.05, 3.63) is 77.9 Å². The van der Waals surface area contributed by atoms with E-state index < -0.39 is 5.60 Å². The molecule has 2 aromatic carbocycles. The van der Waals surface area contributed by atoms with Gasteiger partial charge in [-0.15, -0.1) is 0 Å². The number of likely N-dealkylation sites (N-methyl/N-ethyl adjacent to an activating group) is 1. The summed E-state index contributed by atoms with van der Waals surface area (Å²) in [5, 5.41) is 11.8. The molecule has 0 radical (unpaired) electrons. The largest absolute Gasteiger partial charge is 0.383 e. The molecule has 0 bridgehead atoms. The van der Waals surface area contributed by atoms with Crippen molar-refractivity contribution < 1.29 is 9.90 Å². The predicted molar refractivity (Wildman–Crippen MR) is 120 cm³/mol. The van der Waals surface area contributed by atoms with E-state index in [1.54, 1.807) is 6.08 Å². The number of piperazine rings is 1. The monoisotopic (exact) mass is 405 g/mol. The molecule has 5 nitrogen and oxygen atoms in total. The Morgan fingerprint density at radius 3 is 2.27 bits per heavy atom. The molecule has 2 saturated heterocycles. The van der Waals surface area contributed by atoms with Crippen LogP contribution in [0.4, 0.5) is 0 Å². The Kier molecular flexibility index (Phi) is 6.32. The van der Waals surface area contributed by atoms with Gasteiger partial charge in [0.15, 0.2) is 0 Å². The first-order chi connectivity index (χ1) is 14.6. The van der Waals surface area contributed by atoms with Crippen LogP contribution in [0.3, 0.4) is 0 Å². The molecule has 2 aliphatic heterocycles. The molecule has 1 N–H and O–H groups in total. The smallest absolute Gasteiger partial charge is 0.246 e. The van der Waals surface area contributed by atoms with Gasteiger partial charge in [-0.2, -0.15) is 0 Å². The van der Waals surface area contributed by atoms with E-state index in [0.717, 1.165) is 37.3 Å². The molecule has 0 aromatic heterocycles. The summed E-state index contributed by atoms with van der Waals surface area (Å²) in [7, 11) is 2.13. The molecule has 2 atom stereocenters. The zero-order valence-corrected chi connectivity index (χ0v) is 17.7. The number of carbonyl (C=O) groups is 1. The Labute approximate surface area is 179 Å². The highest BCUT2D eigenvalue weighted by atomic mass is 16.3. The van der Waals surface area contributed by atoms with Gasteiger partial charge in [-0.25, -0.2) is 0 Å². The number of benzene rings is 2. The van der Waals surface area contributed by atoms with Gasteiger partial charge in [-0.05, 0) is 30.7 Å². The molecule has 30 heavy (non-hydrogen) atoms. The zero-order chi connectivity index (χ0) is 21.0. The first-order valence-electron chi connectivity index (χ1n) is 10.8. The van der Waals surface area contributed by atoms with Crippen molar-refractivity contribution in [2.45, 2.75) is 18.1 Å². The van der Waals surface area contributed by atoms with Crippen molar-refractivity contribution >= 4 is 12.0 Å². The number of carbonyl (C=O) groups excluding carboxylic acids is 1. The molecule has 2 fully saturated rings. The summed E-state index contributed by atoms with van der Waals surface area (Å²) in [6.45, 7) is 4.84. The lowest BCUT2D eigenvalue weighted by molar-refractivity contribution is -0.140. The Bertz CT molecular complexity index is 862. The summed E-state index contributed by atoms with van der Waals surface area (Å²) in [6.07, 6.45) is 4.06. The number of aliphatic hydroxyl groups is 1. The number of piperidine rings is 1. The minimum Gasteiger partial charge on any atom is -0.383 e. The van der Waals surface area contributed by atoms with Gasteiger partial charge in [0, 0.05) is 45.3 Å². The van der Waals surface area contributed by atoms with Crippen LogP contribution >= 0.6 is 0 Å². The van der Waals surface area contributed by atoms with Crippen molar-refractivity contribution in [3.8, 4) is 0 Å². The van der Waals surface area contributed by atoms with Crippen molar-refractivity contribution in [2.75, 3.05) is 46.3 Å². The van der Waals surface area contributed by atoms with Crippen LogP contribution in [0, 0.1) is 0 Å². The van der Waals surface area contributed by atoms with Crippen LogP contribution in [0.25, 0.3) is 6.08 Å². The van der Waals surface area contributed by atoms with E-state index in [4.69, 9.17) is 0 Å².